The molecule has 168 valence electrons. The second-order valence-electron chi connectivity index (χ2n) is 8.94. The van der Waals surface area contributed by atoms with Gasteiger partial charge in [0.15, 0.2) is 0 Å². The number of amides is 2. The molecule has 0 N–H and O–H groups in total. The van der Waals surface area contributed by atoms with Crippen LogP contribution in [0.15, 0.2) is 11.6 Å². The third-order valence-corrected chi connectivity index (χ3v) is 6.28. The van der Waals surface area contributed by atoms with Crippen LogP contribution in [-0.2, 0) is 9.59 Å². The highest BCUT2D eigenvalue weighted by molar-refractivity contribution is 6.02. The molecule has 3 heteroatoms. The second-order valence-corrected chi connectivity index (χ2v) is 8.94. The van der Waals surface area contributed by atoms with E-state index in [1.165, 1.54) is 89.0 Å². The maximum Gasteiger partial charge on any atom is 0.230 e. The third kappa shape index (κ3) is 11.0. The van der Waals surface area contributed by atoms with Gasteiger partial charge >= 0.3 is 0 Å². The fraction of sp³-hybridized carbons (Fsp3) is 0.846. The van der Waals surface area contributed by atoms with Crippen LogP contribution in [-0.4, -0.2) is 22.8 Å². The van der Waals surface area contributed by atoms with Gasteiger partial charge in [0.05, 0.1) is 6.04 Å². The van der Waals surface area contributed by atoms with E-state index < -0.39 is 0 Å². The van der Waals surface area contributed by atoms with E-state index in [4.69, 9.17) is 0 Å². The lowest BCUT2D eigenvalue weighted by Crippen LogP contribution is -2.40. The molecule has 1 fully saturated rings. The van der Waals surface area contributed by atoms with Crippen LogP contribution in [0, 0.1) is 0 Å². The fourth-order valence-electron chi connectivity index (χ4n) is 4.36. The molecular formula is C26H47NO2. The molecule has 0 radical (unpaired) electrons. The Morgan fingerprint density at radius 1 is 0.759 bits per heavy atom. The highest BCUT2D eigenvalue weighted by atomic mass is 16.2. The van der Waals surface area contributed by atoms with E-state index in [-0.39, 0.29) is 17.9 Å². The number of hydrogen-bond donors (Lipinski definition) is 0. The Kier molecular flexibility index (Phi) is 14.9. The Labute approximate surface area is 180 Å². The molecule has 2 amide bonds. The first-order chi connectivity index (χ1) is 14.1. The smallest absolute Gasteiger partial charge is 0.230 e. The lowest BCUT2D eigenvalue weighted by atomic mass is 9.97. The van der Waals surface area contributed by atoms with E-state index >= 15 is 0 Å². The van der Waals surface area contributed by atoms with Gasteiger partial charge in [-0.1, -0.05) is 109 Å². The molecule has 1 rings (SSSR count). The lowest BCUT2D eigenvalue weighted by Gasteiger charge is -2.27. The van der Waals surface area contributed by atoms with E-state index in [1.54, 1.807) is 4.90 Å². The van der Waals surface area contributed by atoms with Crippen molar-refractivity contribution < 1.29 is 9.59 Å². The largest absolute Gasteiger partial charge is 0.275 e. The van der Waals surface area contributed by atoms with Crippen LogP contribution in [0.2, 0.25) is 0 Å². The summed E-state index contributed by atoms with van der Waals surface area (Å²) in [6, 6.07) is -0.00213. The van der Waals surface area contributed by atoms with Gasteiger partial charge < -0.3 is 0 Å². The van der Waals surface area contributed by atoms with Gasteiger partial charge in [0.2, 0.25) is 11.8 Å². The molecule has 1 aliphatic rings. The number of nitrogens with zero attached hydrogens (tertiary/aromatic N) is 1. The highest BCUT2D eigenvalue weighted by Crippen LogP contribution is 2.25. The molecule has 1 atom stereocenters. The van der Waals surface area contributed by atoms with Crippen molar-refractivity contribution in [1.82, 2.24) is 4.90 Å². The van der Waals surface area contributed by atoms with Gasteiger partial charge in [0.25, 0.3) is 0 Å². The molecule has 0 aromatic carbocycles. The van der Waals surface area contributed by atoms with Crippen LogP contribution in [0.1, 0.15) is 136 Å². The van der Waals surface area contributed by atoms with Crippen molar-refractivity contribution in [3.05, 3.63) is 11.6 Å². The number of unbranched alkanes of at least 4 members (excludes halogenated alkanes) is 13. The molecule has 1 heterocycles. The maximum absolute atomic E-state index is 12.3. The predicted octanol–water partition coefficient (Wildman–Crippen LogP) is 7.73. The standard InChI is InChI=1S/C26H47NO2/c1-4-6-8-10-12-13-14-16-18-20-24(27-25(28)21-22-26(27)29)23(3)19-17-15-11-9-7-5-2/h19,24H,4-18,20-22H2,1-3H3/b23-19+. The Bertz CT molecular complexity index is 467. The summed E-state index contributed by atoms with van der Waals surface area (Å²) in [6.45, 7) is 6.63. The molecule has 0 aromatic rings. The van der Waals surface area contributed by atoms with Crippen molar-refractivity contribution in [2.24, 2.45) is 0 Å². The first kappa shape index (κ1) is 25.9. The number of carbonyl (C=O) groups is 2. The van der Waals surface area contributed by atoms with Crippen LogP contribution >= 0.6 is 0 Å². The summed E-state index contributed by atoms with van der Waals surface area (Å²) < 4.78 is 0. The lowest BCUT2D eigenvalue weighted by molar-refractivity contribution is -0.140. The van der Waals surface area contributed by atoms with E-state index in [2.05, 4.69) is 26.8 Å². The second kappa shape index (κ2) is 16.7. The molecule has 1 saturated heterocycles. The van der Waals surface area contributed by atoms with Gasteiger partial charge in [-0.3, -0.25) is 14.5 Å². The number of rotatable bonds is 18. The van der Waals surface area contributed by atoms with Crippen LogP contribution in [0.25, 0.3) is 0 Å². The summed E-state index contributed by atoms with van der Waals surface area (Å²) in [5.74, 6) is 0.0678. The van der Waals surface area contributed by atoms with Crippen molar-refractivity contribution in [2.75, 3.05) is 0 Å². The average molecular weight is 406 g/mol. The van der Waals surface area contributed by atoms with Crippen molar-refractivity contribution in [3.63, 3.8) is 0 Å². The summed E-state index contributed by atoms with van der Waals surface area (Å²) in [6.07, 6.45) is 23.2. The Balaban J connectivity index is 2.42. The summed E-state index contributed by atoms with van der Waals surface area (Å²) in [5.41, 5.74) is 1.23. The minimum atomic E-state index is -0.00213. The summed E-state index contributed by atoms with van der Waals surface area (Å²) in [4.78, 5) is 26.2. The molecule has 0 saturated carbocycles. The van der Waals surface area contributed by atoms with Gasteiger partial charge in [-0.05, 0) is 26.2 Å². The molecular weight excluding hydrogens is 358 g/mol. The molecule has 0 aromatic heterocycles. The van der Waals surface area contributed by atoms with Gasteiger partial charge in [0.1, 0.15) is 0 Å². The first-order valence-corrected chi connectivity index (χ1v) is 12.6. The first-order valence-electron chi connectivity index (χ1n) is 12.6. The van der Waals surface area contributed by atoms with Crippen LogP contribution in [0.4, 0.5) is 0 Å². The van der Waals surface area contributed by atoms with Crippen molar-refractivity contribution in [1.29, 1.82) is 0 Å². The molecule has 0 spiro atoms. The zero-order valence-electron chi connectivity index (χ0n) is 19.6. The van der Waals surface area contributed by atoms with Crippen molar-refractivity contribution in [3.8, 4) is 0 Å². The number of imide groups is 1. The number of likely N-dealkylation sites (tertiary alicyclic amines) is 1. The topological polar surface area (TPSA) is 37.4 Å². The van der Waals surface area contributed by atoms with Crippen LogP contribution in [0.3, 0.4) is 0 Å². The number of hydrogen-bond acceptors (Lipinski definition) is 2. The zero-order chi connectivity index (χ0) is 21.3. The molecule has 29 heavy (non-hydrogen) atoms. The molecule has 3 nitrogen and oxygen atoms in total. The predicted molar refractivity (Wildman–Crippen MR) is 124 cm³/mol. The van der Waals surface area contributed by atoms with Gasteiger partial charge in [-0.15, -0.1) is 0 Å². The fourth-order valence-corrected chi connectivity index (χ4v) is 4.36. The summed E-state index contributed by atoms with van der Waals surface area (Å²) >= 11 is 0. The molecule has 1 unspecified atom stereocenters. The van der Waals surface area contributed by atoms with Gasteiger partial charge in [-0.25, -0.2) is 0 Å². The van der Waals surface area contributed by atoms with E-state index in [9.17, 15) is 9.59 Å². The van der Waals surface area contributed by atoms with Gasteiger partial charge in [-0.2, -0.15) is 0 Å². The molecule has 0 bridgehead atoms. The number of carbonyl (C=O) groups excluding carboxylic acids is 2. The zero-order valence-corrected chi connectivity index (χ0v) is 19.6. The average Bonchev–Trinajstić information content (AvgIpc) is 3.04. The van der Waals surface area contributed by atoms with E-state index in [0.29, 0.717) is 12.8 Å². The van der Waals surface area contributed by atoms with Crippen LogP contribution < -0.4 is 0 Å². The summed E-state index contributed by atoms with van der Waals surface area (Å²) in [5, 5.41) is 0. The normalized spacial score (nSPS) is 16.1. The highest BCUT2D eigenvalue weighted by Gasteiger charge is 2.35. The van der Waals surface area contributed by atoms with E-state index in [0.717, 1.165) is 19.3 Å². The third-order valence-electron chi connectivity index (χ3n) is 6.28. The SMILES string of the molecule is CCCCCCC/C=C(\C)C(CCCCCCCCCCC)N1C(=O)CCC1=O. The maximum atomic E-state index is 12.3. The monoisotopic (exact) mass is 405 g/mol. The molecule has 0 aliphatic carbocycles. The van der Waals surface area contributed by atoms with Crippen molar-refractivity contribution in [2.45, 2.75) is 142 Å². The number of allylic oxidation sites excluding steroid dienone is 1. The van der Waals surface area contributed by atoms with Crippen LogP contribution in [0.5, 0.6) is 0 Å². The quantitative estimate of drug-likeness (QED) is 0.133. The Morgan fingerprint density at radius 2 is 1.21 bits per heavy atom. The van der Waals surface area contributed by atoms with E-state index in [1.807, 2.05) is 0 Å². The molecule has 1 aliphatic heterocycles. The minimum Gasteiger partial charge on any atom is -0.275 e. The Hall–Kier alpha value is -1.12. The van der Waals surface area contributed by atoms with Gasteiger partial charge in [0, 0.05) is 12.8 Å². The summed E-state index contributed by atoms with van der Waals surface area (Å²) in [7, 11) is 0. The Morgan fingerprint density at radius 3 is 1.72 bits per heavy atom. The minimum absolute atomic E-state index is 0.00213. The van der Waals surface area contributed by atoms with Crippen molar-refractivity contribution >= 4 is 11.8 Å².